The standard InChI is InChI=1S/C42H44BN5/c1-5-45(6-2)29-31-19-23-33(24-20-31)37-27-39(35-15-11-9-12-16-35)47-41(37)44-42-38(28-40(48(42)43-47)36-17-13-10-14-18-36)34-25-21-32(22-26-34)30-46(7-3)8-4/h9-28H,5-8,29-30H2,1-4H3. The Hall–Kier alpha value is -4.78. The summed E-state index contributed by atoms with van der Waals surface area (Å²) in [4.78, 5) is 10.4. The van der Waals surface area contributed by atoms with Gasteiger partial charge in [0, 0.05) is 29.9 Å². The molecule has 0 fully saturated rings. The van der Waals surface area contributed by atoms with Gasteiger partial charge in [0.1, 0.15) is 0 Å². The Labute approximate surface area is 286 Å². The first kappa shape index (κ1) is 31.8. The summed E-state index contributed by atoms with van der Waals surface area (Å²) in [6, 6.07) is 41.7. The van der Waals surface area contributed by atoms with Crippen LogP contribution in [0.4, 0.5) is 5.82 Å². The van der Waals surface area contributed by atoms with Crippen LogP contribution in [0.3, 0.4) is 0 Å². The Kier molecular flexibility index (Phi) is 9.37. The zero-order valence-electron chi connectivity index (χ0n) is 28.6. The van der Waals surface area contributed by atoms with Crippen LogP contribution >= 0.6 is 0 Å². The van der Waals surface area contributed by atoms with Gasteiger partial charge in [-0.05, 0) is 71.1 Å². The van der Waals surface area contributed by atoms with Gasteiger partial charge in [-0.25, -0.2) is 0 Å². The molecule has 6 heteroatoms. The maximum atomic E-state index is 5.53. The van der Waals surface area contributed by atoms with Gasteiger partial charge in [-0.3, -0.25) is 9.80 Å². The van der Waals surface area contributed by atoms with Crippen LogP contribution in [0.2, 0.25) is 0 Å². The van der Waals surface area contributed by atoms with Crippen molar-refractivity contribution in [2.24, 2.45) is 4.99 Å². The van der Waals surface area contributed by atoms with Crippen molar-refractivity contribution in [1.82, 2.24) is 14.3 Å². The minimum atomic E-state index is 0.954. The van der Waals surface area contributed by atoms with Crippen molar-refractivity contribution in [3.05, 3.63) is 144 Å². The molecule has 5 aromatic rings. The van der Waals surface area contributed by atoms with Gasteiger partial charge in [0.25, 0.3) is 5.84 Å². The molecule has 0 aliphatic carbocycles. The normalized spacial score (nSPS) is 14.0. The van der Waals surface area contributed by atoms with Crippen LogP contribution in [0, 0.1) is 0 Å². The minimum absolute atomic E-state index is 0.954. The molecule has 3 heterocycles. The molecule has 2 radical (unpaired) electrons. The molecule has 240 valence electrons. The second-order valence-corrected chi connectivity index (χ2v) is 12.5. The van der Waals surface area contributed by atoms with Crippen molar-refractivity contribution in [3.8, 4) is 22.4 Å². The minimum Gasteiger partial charge on any atom is -0.492 e. The molecule has 7 rings (SSSR count). The molecule has 0 saturated carbocycles. The summed E-state index contributed by atoms with van der Waals surface area (Å²) >= 11 is 0. The molecule has 1 aromatic heterocycles. The van der Waals surface area contributed by atoms with Crippen LogP contribution in [0.1, 0.15) is 49.9 Å². The SMILES string of the molecule is CCN(CC)Cc1ccc(C2=CC(c3ccccc3)=[N+]3[B-]n4c(-c5ccccc5)cc(-c5ccc(CN(CC)CC)cc5)c4N=C23)cc1. The summed E-state index contributed by atoms with van der Waals surface area (Å²) in [6.07, 6.45) is 2.31. The Morgan fingerprint density at radius 2 is 1.12 bits per heavy atom. The van der Waals surface area contributed by atoms with Gasteiger partial charge in [0.2, 0.25) is 5.82 Å². The molecule has 2 aliphatic heterocycles. The molecule has 0 bridgehead atoms. The number of hydrogen-bond acceptors (Lipinski definition) is 3. The van der Waals surface area contributed by atoms with E-state index in [2.05, 4.69) is 175 Å². The molecule has 2 aliphatic rings. The highest BCUT2D eigenvalue weighted by molar-refractivity contribution is 6.43. The summed E-state index contributed by atoms with van der Waals surface area (Å²) in [7, 11) is 2.23. The number of amidine groups is 1. The van der Waals surface area contributed by atoms with Gasteiger partial charge in [0.05, 0.1) is 18.8 Å². The molecule has 0 unspecified atom stereocenters. The highest BCUT2D eigenvalue weighted by Gasteiger charge is 2.32. The number of benzene rings is 4. The lowest BCUT2D eigenvalue weighted by atomic mass is 10.00. The van der Waals surface area contributed by atoms with Gasteiger partial charge in [-0.2, -0.15) is 0 Å². The van der Waals surface area contributed by atoms with Gasteiger partial charge in [-0.1, -0.05) is 137 Å². The van der Waals surface area contributed by atoms with Gasteiger partial charge in [-0.15, -0.1) is 0 Å². The van der Waals surface area contributed by atoms with Crippen molar-refractivity contribution in [1.29, 1.82) is 0 Å². The average Bonchev–Trinajstić information content (AvgIpc) is 3.71. The van der Waals surface area contributed by atoms with E-state index in [-0.39, 0.29) is 0 Å². The maximum Gasteiger partial charge on any atom is 0.285 e. The highest BCUT2D eigenvalue weighted by atomic mass is 15.2. The fraction of sp³-hybridized carbons (Fsp3) is 0.238. The molecule has 48 heavy (non-hydrogen) atoms. The summed E-state index contributed by atoms with van der Waals surface area (Å²) in [5.41, 5.74) is 11.8. The van der Waals surface area contributed by atoms with Crippen LogP contribution in [-0.2, 0) is 13.1 Å². The number of rotatable bonds is 12. The number of nitrogens with zero attached hydrogens (tertiary/aromatic N) is 5. The van der Waals surface area contributed by atoms with E-state index in [0.29, 0.717) is 0 Å². The summed E-state index contributed by atoms with van der Waals surface area (Å²) in [6.45, 7) is 15.0. The molecule has 5 nitrogen and oxygen atoms in total. The van der Waals surface area contributed by atoms with Gasteiger partial charge >= 0.3 is 0 Å². The molecular formula is C42H44BN5. The van der Waals surface area contributed by atoms with E-state index in [4.69, 9.17) is 4.99 Å². The zero-order valence-corrected chi connectivity index (χ0v) is 28.6. The largest absolute Gasteiger partial charge is 0.492 e. The Morgan fingerprint density at radius 1 is 0.604 bits per heavy atom. The average molecular weight is 630 g/mol. The molecular weight excluding hydrogens is 585 g/mol. The first-order valence-corrected chi connectivity index (χ1v) is 17.4. The topological polar surface area (TPSA) is 26.8 Å². The molecule has 4 aromatic carbocycles. The smallest absolute Gasteiger partial charge is 0.285 e. The summed E-state index contributed by atoms with van der Waals surface area (Å²) in [5, 5.41) is 0. The van der Waals surface area contributed by atoms with Crippen molar-refractivity contribution in [3.63, 3.8) is 0 Å². The quantitative estimate of drug-likeness (QED) is 0.129. The molecule has 0 atom stereocenters. The number of aromatic nitrogens is 1. The van der Waals surface area contributed by atoms with Crippen molar-refractivity contribution < 1.29 is 4.49 Å². The van der Waals surface area contributed by atoms with E-state index in [1.165, 1.54) is 22.3 Å². The summed E-state index contributed by atoms with van der Waals surface area (Å²) < 4.78 is 4.54. The first-order valence-electron chi connectivity index (χ1n) is 17.4. The fourth-order valence-corrected chi connectivity index (χ4v) is 6.78. The van der Waals surface area contributed by atoms with Crippen molar-refractivity contribution in [2.75, 3.05) is 26.2 Å². The fourth-order valence-electron chi connectivity index (χ4n) is 6.78. The van der Waals surface area contributed by atoms with E-state index in [1.807, 2.05) is 0 Å². The van der Waals surface area contributed by atoms with E-state index in [1.54, 1.807) is 0 Å². The lowest BCUT2D eigenvalue weighted by Gasteiger charge is -2.28. The number of hydrogen-bond donors (Lipinski definition) is 0. The lowest BCUT2D eigenvalue weighted by molar-refractivity contribution is -0.236. The Bertz CT molecular complexity index is 1960. The number of allylic oxidation sites excluding steroid dienone is 1. The van der Waals surface area contributed by atoms with E-state index in [9.17, 15) is 0 Å². The number of fused-ring (bicyclic) bond motifs is 2. The van der Waals surface area contributed by atoms with Crippen molar-refractivity contribution >= 4 is 30.5 Å². The monoisotopic (exact) mass is 629 g/mol. The Balaban J connectivity index is 1.35. The third-order valence-corrected chi connectivity index (χ3v) is 9.73. The molecule has 0 N–H and O–H groups in total. The van der Waals surface area contributed by atoms with Crippen LogP contribution < -0.4 is 0 Å². The second-order valence-electron chi connectivity index (χ2n) is 12.5. The first-order chi connectivity index (χ1) is 23.6. The van der Waals surface area contributed by atoms with Gasteiger partial charge in [0.15, 0.2) is 0 Å². The van der Waals surface area contributed by atoms with Gasteiger partial charge < -0.3 is 8.96 Å². The van der Waals surface area contributed by atoms with Crippen LogP contribution in [0.5, 0.6) is 0 Å². The third kappa shape index (κ3) is 6.26. The maximum absolute atomic E-state index is 5.53. The molecule has 0 amide bonds. The lowest BCUT2D eigenvalue weighted by Crippen LogP contribution is -2.34. The summed E-state index contributed by atoms with van der Waals surface area (Å²) in [5.74, 6) is 1.91. The van der Waals surface area contributed by atoms with Crippen LogP contribution in [0.25, 0.3) is 28.0 Å². The van der Waals surface area contributed by atoms with E-state index >= 15 is 0 Å². The number of aliphatic imine (C=N–C) groups is 1. The molecule has 0 spiro atoms. The van der Waals surface area contributed by atoms with Crippen LogP contribution in [0.15, 0.2) is 126 Å². The molecule has 0 saturated heterocycles. The predicted octanol–water partition coefficient (Wildman–Crippen LogP) is 8.53. The zero-order chi connectivity index (χ0) is 33.0. The van der Waals surface area contributed by atoms with Crippen LogP contribution in [-0.4, -0.2) is 64.0 Å². The highest BCUT2D eigenvalue weighted by Crippen LogP contribution is 2.41. The van der Waals surface area contributed by atoms with E-state index < -0.39 is 0 Å². The predicted molar refractivity (Wildman–Crippen MR) is 202 cm³/mol. The Morgan fingerprint density at radius 3 is 1.67 bits per heavy atom. The van der Waals surface area contributed by atoms with Crippen molar-refractivity contribution in [2.45, 2.75) is 40.8 Å². The van der Waals surface area contributed by atoms with E-state index in [0.717, 1.165) is 84.6 Å². The second kappa shape index (κ2) is 14.1. The third-order valence-electron chi connectivity index (χ3n) is 9.73.